The van der Waals surface area contributed by atoms with Crippen LogP contribution in [0.4, 0.5) is 8.78 Å². The van der Waals surface area contributed by atoms with Crippen LogP contribution in [0.15, 0.2) is 30.3 Å². The van der Waals surface area contributed by atoms with Crippen LogP contribution in [-0.2, 0) is 7.05 Å². The summed E-state index contributed by atoms with van der Waals surface area (Å²) in [6.45, 7) is 0. The van der Waals surface area contributed by atoms with Crippen molar-refractivity contribution < 1.29 is 18.7 Å². The summed E-state index contributed by atoms with van der Waals surface area (Å²) in [5.74, 6) is -3.05. The molecule has 2 rings (SSSR count). The van der Waals surface area contributed by atoms with Crippen LogP contribution in [0, 0.1) is 11.6 Å². The Kier molecular flexibility index (Phi) is 2.67. The molecule has 0 unspecified atom stereocenters. The number of carboxylic acids is 1. The molecule has 0 aliphatic carbocycles. The van der Waals surface area contributed by atoms with Gasteiger partial charge in [0.1, 0.15) is 5.69 Å². The molecule has 1 aromatic heterocycles. The molecule has 0 radical (unpaired) electrons. The number of nitrogens with zero attached hydrogens (tertiary/aromatic N) is 1. The Morgan fingerprint density at radius 2 is 1.94 bits per heavy atom. The average Bonchev–Trinajstić information content (AvgIpc) is 2.64. The van der Waals surface area contributed by atoms with E-state index >= 15 is 0 Å². The standard InChI is InChI=1S/C12H9F2NO2/c1-15-9(5-6-10(15)12(16)17)7-3-2-4-8(13)11(7)14/h2-6H,1H3,(H,16,17). The summed E-state index contributed by atoms with van der Waals surface area (Å²) in [6.07, 6.45) is 0. The van der Waals surface area contributed by atoms with Gasteiger partial charge < -0.3 is 9.67 Å². The van der Waals surface area contributed by atoms with E-state index in [4.69, 9.17) is 5.11 Å². The third kappa shape index (κ3) is 1.80. The van der Waals surface area contributed by atoms with Gasteiger partial charge >= 0.3 is 5.97 Å². The minimum Gasteiger partial charge on any atom is -0.477 e. The maximum atomic E-state index is 13.5. The van der Waals surface area contributed by atoms with Crippen molar-refractivity contribution in [2.24, 2.45) is 7.05 Å². The molecule has 0 saturated carbocycles. The van der Waals surface area contributed by atoms with Crippen LogP contribution in [0.3, 0.4) is 0 Å². The minimum atomic E-state index is -1.12. The Morgan fingerprint density at radius 3 is 2.53 bits per heavy atom. The third-order valence-electron chi connectivity index (χ3n) is 2.57. The number of hydrogen-bond acceptors (Lipinski definition) is 1. The molecule has 17 heavy (non-hydrogen) atoms. The Bertz CT molecular complexity index is 590. The first kappa shape index (κ1) is 11.3. The first-order valence-electron chi connectivity index (χ1n) is 4.85. The minimum absolute atomic E-state index is 0.0173. The maximum absolute atomic E-state index is 13.5. The molecule has 5 heteroatoms. The topological polar surface area (TPSA) is 42.2 Å². The van der Waals surface area contributed by atoms with Crippen molar-refractivity contribution in [2.45, 2.75) is 0 Å². The first-order valence-corrected chi connectivity index (χ1v) is 4.85. The lowest BCUT2D eigenvalue weighted by atomic mass is 10.1. The van der Waals surface area contributed by atoms with Gasteiger partial charge in [-0.05, 0) is 24.3 Å². The molecule has 0 aliphatic heterocycles. The molecule has 0 saturated heterocycles. The van der Waals surface area contributed by atoms with E-state index in [2.05, 4.69) is 0 Å². The molecular formula is C12H9F2NO2. The Morgan fingerprint density at radius 1 is 1.24 bits per heavy atom. The lowest BCUT2D eigenvalue weighted by molar-refractivity contribution is 0.0686. The molecule has 1 heterocycles. The molecule has 0 fully saturated rings. The first-order chi connectivity index (χ1) is 8.02. The number of halogens is 2. The van der Waals surface area contributed by atoms with Gasteiger partial charge in [0.05, 0.1) is 5.69 Å². The number of rotatable bonds is 2. The van der Waals surface area contributed by atoms with Gasteiger partial charge in [-0.1, -0.05) is 6.07 Å². The molecule has 0 spiro atoms. The van der Waals surface area contributed by atoms with E-state index in [0.29, 0.717) is 5.69 Å². The van der Waals surface area contributed by atoms with E-state index in [1.807, 2.05) is 0 Å². The van der Waals surface area contributed by atoms with E-state index < -0.39 is 17.6 Å². The van der Waals surface area contributed by atoms with Crippen LogP contribution in [0.2, 0.25) is 0 Å². The average molecular weight is 237 g/mol. The second-order valence-corrected chi connectivity index (χ2v) is 3.57. The van der Waals surface area contributed by atoms with Gasteiger partial charge in [-0.25, -0.2) is 13.6 Å². The van der Waals surface area contributed by atoms with Gasteiger partial charge in [0.2, 0.25) is 0 Å². The van der Waals surface area contributed by atoms with Crippen molar-refractivity contribution in [1.29, 1.82) is 0 Å². The van der Waals surface area contributed by atoms with Crippen molar-refractivity contribution >= 4 is 5.97 Å². The molecule has 88 valence electrons. The molecule has 3 nitrogen and oxygen atoms in total. The molecule has 2 aromatic rings. The summed E-state index contributed by atoms with van der Waals surface area (Å²) >= 11 is 0. The van der Waals surface area contributed by atoms with Crippen molar-refractivity contribution in [3.05, 3.63) is 47.7 Å². The molecule has 0 atom stereocenters. The predicted octanol–water partition coefficient (Wildman–Crippen LogP) is 2.67. The summed E-state index contributed by atoms with van der Waals surface area (Å²) in [7, 11) is 1.49. The Balaban J connectivity index is 2.62. The van der Waals surface area contributed by atoms with E-state index in [-0.39, 0.29) is 11.3 Å². The second kappa shape index (κ2) is 4.01. The van der Waals surface area contributed by atoms with Crippen molar-refractivity contribution in [3.8, 4) is 11.3 Å². The quantitative estimate of drug-likeness (QED) is 0.872. The normalized spacial score (nSPS) is 10.5. The number of carboxylic acid groups (broad SMARTS) is 1. The second-order valence-electron chi connectivity index (χ2n) is 3.57. The summed E-state index contributed by atoms with van der Waals surface area (Å²) in [6, 6.07) is 6.59. The lowest BCUT2D eigenvalue weighted by Crippen LogP contribution is -2.05. The van der Waals surface area contributed by atoms with Crippen LogP contribution >= 0.6 is 0 Å². The fourth-order valence-corrected chi connectivity index (χ4v) is 1.70. The molecule has 0 aliphatic rings. The molecular weight excluding hydrogens is 228 g/mol. The maximum Gasteiger partial charge on any atom is 0.352 e. The Hall–Kier alpha value is -2.17. The number of benzene rings is 1. The Labute approximate surface area is 95.9 Å². The highest BCUT2D eigenvalue weighted by Gasteiger charge is 2.16. The summed E-state index contributed by atoms with van der Waals surface area (Å²) in [5.41, 5.74) is 0.378. The van der Waals surface area contributed by atoms with Crippen LogP contribution in [0.5, 0.6) is 0 Å². The number of carbonyl (C=O) groups is 1. The number of aromatic nitrogens is 1. The third-order valence-corrected chi connectivity index (χ3v) is 2.57. The van der Waals surface area contributed by atoms with Crippen molar-refractivity contribution in [1.82, 2.24) is 4.57 Å². The number of hydrogen-bond donors (Lipinski definition) is 1. The van der Waals surface area contributed by atoms with Crippen LogP contribution in [0.25, 0.3) is 11.3 Å². The lowest BCUT2D eigenvalue weighted by Gasteiger charge is -2.06. The van der Waals surface area contributed by atoms with Crippen molar-refractivity contribution in [3.63, 3.8) is 0 Å². The summed E-state index contributed by atoms with van der Waals surface area (Å²) in [5, 5.41) is 8.86. The fourth-order valence-electron chi connectivity index (χ4n) is 1.70. The van der Waals surface area contributed by atoms with Gasteiger partial charge in [0, 0.05) is 12.6 Å². The SMILES string of the molecule is Cn1c(C(=O)O)ccc1-c1cccc(F)c1F. The van der Waals surface area contributed by atoms with E-state index in [9.17, 15) is 13.6 Å². The van der Waals surface area contributed by atoms with Crippen LogP contribution in [0.1, 0.15) is 10.5 Å². The van der Waals surface area contributed by atoms with E-state index in [0.717, 1.165) is 6.07 Å². The van der Waals surface area contributed by atoms with E-state index in [1.54, 1.807) is 0 Å². The van der Waals surface area contributed by atoms with Gasteiger partial charge in [-0.2, -0.15) is 0 Å². The molecule has 1 aromatic carbocycles. The highest BCUT2D eigenvalue weighted by molar-refractivity contribution is 5.87. The molecule has 1 N–H and O–H groups in total. The zero-order chi connectivity index (χ0) is 12.6. The van der Waals surface area contributed by atoms with Crippen LogP contribution in [-0.4, -0.2) is 15.6 Å². The van der Waals surface area contributed by atoms with Crippen LogP contribution < -0.4 is 0 Å². The molecule has 0 amide bonds. The number of aromatic carboxylic acids is 1. The zero-order valence-electron chi connectivity index (χ0n) is 8.95. The summed E-state index contributed by atoms with van der Waals surface area (Å²) < 4.78 is 27.9. The zero-order valence-corrected chi connectivity index (χ0v) is 8.95. The smallest absolute Gasteiger partial charge is 0.352 e. The highest BCUT2D eigenvalue weighted by atomic mass is 19.2. The predicted molar refractivity (Wildman–Crippen MR) is 57.7 cm³/mol. The van der Waals surface area contributed by atoms with Gasteiger partial charge in [0.15, 0.2) is 11.6 Å². The van der Waals surface area contributed by atoms with Gasteiger partial charge in [0.25, 0.3) is 0 Å². The van der Waals surface area contributed by atoms with Gasteiger partial charge in [-0.3, -0.25) is 0 Å². The fraction of sp³-hybridized carbons (Fsp3) is 0.0833. The van der Waals surface area contributed by atoms with Gasteiger partial charge in [-0.15, -0.1) is 0 Å². The monoisotopic (exact) mass is 237 g/mol. The van der Waals surface area contributed by atoms with E-state index in [1.165, 1.54) is 35.9 Å². The molecule has 0 bridgehead atoms. The largest absolute Gasteiger partial charge is 0.477 e. The van der Waals surface area contributed by atoms with Crippen molar-refractivity contribution in [2.75, 3.05) is 0 Å². The summed E-state index contributed by atoms with van der Waals surface area (Å²) in [4.78, 5) is 10.8. The highest BCUT2D eigenvalue weighted by Crippen LogP contribution is 2.25.